The molecule has 5 N–H and O–H groups in total. The molecular weight excluding hydrogens is 106 g/mol. The van der Waals surface area contributed by atoms with Crippen LogP contribution in [0.15, 0.2) is 4.99 Å². The molecule has 0 spiro atoms. The van der Waals surface area contributed by atoms with Crippen molar-refractivity contribution in [2.45, 2.75) is 13.0 Å². The van der Waals surface area contributed by atoms with E-state index in [4.69, 9.17) is 16.6 Å². The highest BCUT2D eigenvalue weighted by molar-refractivity contribution is 5.75. The first-order valence-corrected chi connectivity index (χ1v) is 2.36. The number of hydrogen-bond donors (Lipinski definition) is 3. The third kappa shape index (κ3) is 5.23. The van der Waals surface area contributed by atoms with Gasteiger partial charge in [-0.25, -0.2) is 0 Å². The van der Waals surface area contributed by atoms with Crippen molar-refractivity contribution in [3.05, 3.63) is 0 Å². The fourth-order valence-corrected chi connectivity index (χ4v) is 0.238. The molecule has 0 rings (SSSR count). The topological polar surface area (TPSA) is 84.6 Å². The molecular formula is C4H11N3O. The van der Waals surface area contributed by atoms with Gasteiger partial charge in [-0.2, -0.15) is 0 Å². The van der Waals surface area contributed by atoms with Crippen molar-refractivity contribution in [1.82, 2.24) is 0 Å². The van der Waals surface area contributed by atoms with Gasteiger partial charge >= 0.3 is 0 Å². The van der Waals surface area contributed by atoms with Crippen LogP contribution in [0.25, 0.3) is 0 Å². The summed E-state index contributed by atoms with van der Waals surface area (Å²) in [5.74, 6) is 0.0194. The van der Waals surface area contributed by atoms with Crippen LogP contribution in [-0.4, -0.2) is 23.7 Å². The highest BCUT2D eigenvalue weighted by atomic mass is 16.3. The Bertz CT molecular complexity index is 85.3. The van der Waals surface area contributed by atoms with E-state index in [2.05, 4.69) is 4.99 Å². The van der Waals surface area contributed by atoms with E-state index in [0.717, 1.165) is 0 Å². The molecule has 0 saturated heterocycles. The SMILES string of the molecule is C[C@@H](O)CN=C(N)N. The number of nitrogens with zero attached hydrogens (tertiary/aromatic N) is 1. The summed E-state index contributed by atoms with van der Waals surface area (Å²) in [6.07, 6.45) is -0.461. The second-order valence-corrected chi connectivity index (χ2v) is 1.61. The van der Waals surface area contributed by atoms with Crippen LogP contribution in [0.4, 0.5) is 0 Å². The highest BCUT2D eigenvalue weighted by Gasteiger charge is 1.89. The van der Waals surface area contributed by atoms with Crippen LogP contribution in [0.2, 0.25) is 0 Å². The second kappa shape index (κ2) is 3.26. The molecule has 0 radical (unpaired) electrons. The lowest BCUT2D eigenvalue weighted by atomic mass is 10.4. The van der Waals surface area contributed by atoms with Gasteiger partial charge in [0.15, 0.2) is 5.96 Å². The Labute approximate surface area is 48.2 Å². The van der Waals surface area contributed by atoms with E-state index >= 15 is 0 Å². The van der Waals surface area contributed by atoms with Crippen LogP contribution < -0.4 is 11.5 Å². The van der Waals surface area contributed by atoms with Crippen LogP contribution in [0.3, 0.4) is 0 Å². The summed E-state index contributed by atoms with van der Waals surface area (Å²) in [7, 11) is 0. The normalized spacial score (nSPS) is 12.8. The van der Waals surface area contributed by atoms with Crippen molar-refractivity contribution in [3.63, 3.8) is 0 Å². The molecule has 0 fully saturated rings. The van der Waals surface area contributed by atoms with E-state index in [1.54, 1.807) is 6.92 Å². The number of hydrogen-bond acceptors (Lipinski definition) is 2. The molecule has 0 aliphatic carbocycles. The van der Waals surface area contributed by atoms with Crippen LogP contribution in [0, 0.1) is 0 Å². The lowest BCUT2D eigenvalue weighted by Gasteiger charge is -1.96. The van der Waals surface area contributed by atoms with Gasteiger partial charge < -0.3 is 16.6 Å². The van der Waals surface area contributed by atoms with Gasteiger partial charge in [-0.15, -0.1) is 0 Å². The van der Waals surface area contributed by atoms with Gasteiger partial charge in [0.2, 0.25) is 0 Å². The van der Waals surface area contributed by atoms with Crippen LogP contribution in [-0.2, 0) is 0 Å². The number of nitrogens with two attached hydrogens (primary N) is 2. The van der Waals surface area contributed by atoms with Crippen molar-refractivity contribution in [1.29, 1.82) is 0 Å². The zero-order chi connectivity index (χ0) is 6.57. The van der Waals surface area contributed by atoms with Gasteiger partial charge in [0, 0.05) is 0 Å². The monoisotopic (exact) mass is 117 g/mol. The standard InChI is InChI=1S/C4H11N3O/c1-3(8)2-7-4(5)6/h3,8H,2H2,1H3,(H4,5,6,7)/t3-/m1/s1. The molecule has 0 unspecified atom stereocenters. The lowest BCUT2D eigenvalue weighted by Crippen LogP contribution is -2.24. The van der Waals surface area contributed by atoms with Crippen molar-refractivity contribution in [2.75, 3.05) is 6.54 Å². The smallest absolute Gasteiger partial charge is 0.185 e. The minimum Gasteiger partial charge on any atom is -0.391 e. The molecule has 0 heterocycles. The predicted molar refractivity (Wildman–Crippen MR) is 32.4 cm³/mol. The first-order valence-electron chi connectivity index (χ1n) is 2.36. The summed E-state index contributed by atoms with van der Waals surface area (Å²) in [4.78, 5) is 3.55. The van der Waals surface area contributed by atoms with Crippen molar-refractivity contribution < 1.29 is 5.11 Å². The van der Waals surface area contributed by atoms with Gasteiger partial charge in [-0.3, -0.25) is 4.99 Å². The molecule has 8 heavy (non-hydrogen) atoms. The Balaban J connectivity index is 3.29. The number of rotatable bonds is 2. The largest absolute Gasteiger partial charge is 0.391 e. The average Bonchev–Trinajstić information content (AvgIpc) is 1.61. The highest BCUT2D eigenvalue weighted by Crippen LogP contribution is 1.77. The molecule has 0 aromatic carbocycles. The zero-order valence-electron chi connectivity index (χ0n) is 4.83. The Morgan fingerprint density at radius 3 is 2.38 bits per heavy atom. The summed E-state index contributed by atoms with van der Waals surface area (Å²) in [6.45, 7) is 1.90. The Kier molecular flexibility index (Phi) is 2.95. The van der Waals surface area contributed by atoms with Crippen LogP contribution in [0.5, 0.6) is 0 Å². The van der Waals surface area contributed by atoms with E-state index in [1.807, 2.05) is 0 Å². The molecule has 0 aliphatic rings. The minimum absolute atomic E-state index is 0.0194. The number of aliphatic imine (C=N–C) groups is 1. The van der Waals surface area contributed by atoms with E-state index in [9.17, 15) is 0 Å². The van der Waals surface area contributed by atoms with Crippen LogP contribution >= 0.6 is 0 Å². The van der Waals surface area contributed by atoms with Gasteiger partial charge in [0.1, 0.15) is 0 Å². The van der Waals surface area contributed by atoms with Gasteiger partial charge in [0.05, 0.1) is 12.6 Å². The maximum atomic E-state index is 8.58. The summed E-state index contributed by atoms with van der Waals surface area (Å²) in [5, 5.41) is 8.58. The van der Waals surface area contributed by atoms with Crippen molar-refractivity contribution >= 4 is 5.96 Å². The first-order chi connectivity index (χ1) is 3.63. The molecule has 0 bridgehead atoms. The summed E-state index contributed by atoms with van der Waals surface area (Å²) in [5.41, 5.74) is 9.91. The Hall–Kier alpha value is -0.770. The number of aliphatic hydroxyl groups is 1. The average molecular weight is 117 g/mol. The van der Waals surface area contributed by atoms with E-state index < -0.39 is 6.10 Å². The summed E-state index contributed by atoms with van der Waals surface area (Å²) in [6, 6.07) is 0. The summed E-state index contributed by atoms with van der Waals surface area (Å²) >= 11 is 0. The Morgan fingerprint density at radius 1 is 1.75 bits per heavy atom. The zero-order valence-corrected chi connectivity index (χ0v) is 4.83. The van der Waals surface area contributed by atoms with Crippen LogP contribution in [0.1, 0.15) is 6.92 Å². The van der Waals surface area contributed by atoms with Gasteiger partial charge in [-0.05, 0) is 6.92 Å². The predicted octanol–water partition coefficient (Wildman–Crippen LogP) is -1.36. The molecule has 0 amide bonds. The van der Waals surface area contributed by atoms with Gasteiger partial charge in [0.25, 0.3) is 0 Å². The summed E-state index contributed by atoms with van der Waals surface area (Å²) < 4.78 is 0. The molecule has 4 heteroatoms. The third-order valence-corrected chi connectivity index (χ3v) is 0.538. The number of aliphatic hydroxyl groups excluding tert-OH is 1. The first kappa shape index (κ1) is 7.23. The number of guanidine groups is 1. The molecule has 0 saturated carbocycles. The molecule has 48 valence electrons. The quantitative estimate of drug-likeness (QED) is 0.308. The van der Waals surface area contributed by atoms with E-state index in [-0.39, 0.29) is 12.5 Å². The molecule has 0 aromatic rings. The molecule has 0 aliphatic heterocycles. The van der Waals surface area contributed by atoms with E-state index in [0.29, 0.717) is 0 Å². The van der Waals surface area contributed by atoms with E-state index in [1.165, 1.54) is 0 Å². The minimum atomic E-state index is -0.461. The molecule has 0 aromatic heterocycles. The maximum Gasteiger partial charge on any atom is 0.185 e. The molecule has 1 atom stereocenters. The maximum absolute atomic E-state index is 8.58. The Morgan fingerprint density at radius 2 is 2.25 bits per heavy atom. The third-order valence-electron chi connectivity index (χ3n) is 0.538. The fraction of sp³-hybridized carbons (Fsp3) is 0.750. The fourth-order valence-electron chi connectivity index (χ4n) is 0.238. The van der Waals surface area contributed by atoms with Gasteiger partial charge in [-0.1, -0.05) is 0 Å². The second-order valence-electron chi connectivity index (χ2n) is 1.61. The van der Waals surface area contributed by atoms with Crippen molar-refractivity contribution in [2.24, 2.45) is 16.5 Å². The van der Waals surface area contributed by atoms with Crippen molar-refractivity contribution in [3.8, 4) is 0 Å². The lowest BCUT2D eigenvalue weighted by molar-refractivity contribution is 0.204. The molecule has 4 nitrogen and oxygen atoms in total.